The minimum atomic E-state index is -1.48. The molecule has 3 rings (SSSR count). The Balaban J connectivity index is 2.05. The maximum Gasteiger partial charge on any atom is 0.243 e. The van der Waals surface area contributed by atoms with Crippen LogP contribution in [0, 0.1) is 0 Å². The van der Waals surface area contributed by atoms with Crippen LogP contribution in [0.5, 0.6) is 11.5 Å². The summed E-state index contributed by atoms with van der Waals surface area (Å²) in [5, 5.41) is 40.9. The fourth-order valence-corrected chi connectivity index (χ4v) is 4.87. The highest BCUT2D eigenvalue weighted by Gasteiger charge is 2.32. The molecule has 2 aromatic carbocycles. The Labute approximate surface area is 265 Å². The van der Waals surface area contributed by atoms with Crippen LogP contribution in [0.15, 0.2) is 36.4 Å². The Morgan fingerprint density at radius 1 is 0.935 bits per heavy atom. The van der Waals surface area contributed by atoms with Crippen LogP contribution in [0.1, 0.15) is 30.4 Å². The lowest BCUT2D eigenvalue weighted by Crippen LogP contribution is -2.59. The summed E-state index contributed by atoms with van der Waals surface area (Å²) in [4.78, 5) is 64.9. The van der Waals surface area contributed by atoms with Gasteiger partial charge in [-0.25, -0.2) is 0 Å². The molecule has 0 spiro atoms. The number of amides is 5. The Bertz CT molecular complexity index is 1440. The molecular formula is C30H42N8O8. The largest absolute Gasteiger partial charge is 0.508 e. The first-order valence-electron chi connectivity index (χ1n) is 14.8. The van der Waals surface area contributed by atoms with Gasteiger partial charge in [-0.3, -0.25) is 24.0 Å². The van der Waals surface area contributed by atoms with Gasteiger partial charge in [-0.05, 0) is 65.9 Å². The number of aliphatic hydroxyl groups is 1. The molecule has 2 unspecified atom stereocenters. The minimum Gasteiger partial charge on any atom is -0.508 e. The van der Waals surface area contributed by atoms with E-state index < -0.39 is 66.2 Å². The number of aromatic hydroxyl groups is 2. The first-order valence-corrected chi connectivity index (χ1v) is 14.8. The SMILES string of the molecule is NCCC[C@@H]1NC(=O)[C@@H](N)Cc2cc(ccc2O)-c2ccc(O)c(c2)CC(C(=O)N[C@@H](CC(N)=O)C(=O)NCC(O)CN)NC1=O. The minimum absolute atomic E-state index is 0.0572. The van der Waals surface area contributed by atoms with Gasteiger partial charge < -0.3 is 59.5 Å². The van der Waals surface area contributed by atoms with Crippen LogP contribution in [-0.4, -0.2) is 94.8 Å². The van der Waals surface area contributed by atoms with Gasteiger partial charge in [-0.2, -0.15) is 0 Å². The average Bonchev–Trinajstić information content (AvgIpc) is 3.02. The number of aliphatic hydroxyl groups excluding tert-OH is 1. The Hall–Kier alpha value is -4.77. The molecule has 1 aliphatic heterocycles. The number of primary amides is 1. The predicted octanol–water partition coefficient (Wildman–Crippen LogP) is -3.30. The zero-order chi connectivity index (χ0) is 34.0. The number of nitrogens with two attached hydrogens (primary N) is 4. The first-order chi connectivity index (χ1) is 21.8. The highest BCUT2D eigenvalue weighted by molar-refractivity contribution is 5.96. The van der Waals surface area contributed by atoms with Crippen molar-refractivity contribution in [3.8, 4) is 22.6 Å². The highest BCUT2D eigenvalue weighted by atomic mass is 16.3. The third-order valence-corrected chi connectivity index (χ3v) is 7.48. The summed E-state index contributed by atoms with van der Waals surface area (Å²) in [5.74, 6) is -4.40. The standard InChI is InChI=1S/C30H42N8O8/c31-7-1-2-21-29(45)37-22(30(46)38-23(12-26(34)42)28(44)35-14-19(39)13-32)11-18-9-16(4-6-25(18)41)15-3-5-24(40)17(8-15)10-20(33)27(43)36-21/h3-6,8-9,19-23,39-41H,1-2,7,10-14,31-33H2,(H2,34,42)(H,35,44)(H,36,43)(H,37,45)(H,38,46)/t19?,20-,21-,22?,23-/m0/s1. The average molecular weight is 643 g/mol. The van der Waals surface area contributed by atoms with Crippen LogP contribution in [0.4, 0.5) is 0 Å². The van der Waals surface area contributed by atoms with Gasteiger partial charge in [0.05, 0.1) is 18.6 Å². The molecule has 1 aliphatic rings. The van der Waals surface area contributed by atoms with E-state index in [0.29, 0.717) is 23.1 Å². The van der Waals surface area contributed by atoms with Crippen molar-refractivity contribution in [1.82, 2.24) is 21.3 Å². The topological polar surface area (TPSA) is 298 Å². The van der Waals surface area contributed by atoms with Gasteiger partial charge in [0.2, 0.25) is 29.5 Å². The number of carbonyl (C=O) groups excluding carboxylic acids is 5. The van der Waals surface area contributed by atoms with Gasteiger partial charge in [0.15, 0.2) is 0 Å². The lowest BCUT2D eigenvalue weighted by molar-refractivity contribution is -0.134. The third kappa shape index (κ3) is 9.87. The molecule has 0 radical (unpaired) electrons. The summed E-state index contributed by atoms with van der Waals surface area (Å²) in [6, 6.07) is 4.08. The second-order valence-corrected chi connectivity index (χ2v) is 11.1. The lowest BCUT2D eigenvalue weighted by atomic mass is 9.95. The van der Waals surface area contributed by atoms with Crippen LogP contribution in [0.2, 0.25) is 0 Å². The fourth-order valence-electron chi connectivity index (χ4n) is 4.87. The second-order valence-electron chi connectivity index (χ2n) is 11.1. The van der Waals surface area contributed by atoms with E-state index in [-0.39, 0.29) is 56.0 Å². The summed E-state index contributed by atoms with van der Waals surface area (Å²) in [6.07, 6.45) is -1.61. The van der Waals surface area contributed by atoms with E-state index >= 15 is 0 Å². The van der Waals surface area contributed by atoms with Crippen molar-refractivity contribution in [2.75, 3.05) is 19.6 Å². The molecule has 5 amide bonds. The van der Waals surface area contributed by atoms with Crippen molar-refractivity contribution in [3.05, 3.63) is 47.5 Å². The third-order valence-electron chi connectivity index (χ3n) is 7.48. The molecular weight excluding hydrogens is 600 g/mol. The molecule has 5 atom stereocenters. The number of phenols is 2. The van der Waals surface area contributed by atoms with E-state index in [1.165, 1.54) is 12.1 Å². The highest BCUT2D eigenvalue weighted by Crippen LogP contribution is 2.31. The van der Waals surface area contributed by atoms with Crippen LogP contribution in [-0.2, 0) is 36.8 Å². The van der Waals surface area contributed by atoms with Crippen LogP contribution in [0.25, 0.3) is 11.1 Å². The van der Waals surface area contributed by atoms with Gasteiger partial charge >= 0.3 is 0 Å². The second kappa shape index (κ2) is 16.5. The first kappa shape index (κ1) is 35.7. The van der Waals surface area contributed by atoms with E-state index in [9.17, 15) is 39.3 Å². The number of carbonyl (C=O) groups is 5. The molecule has 2 aromatic rings. The zero-order valence-electron chi connectivity index (χ0n) is 25.2. The number of nitrogens with one attached hydrogen (secondary N) is 4. The number of fused-ring (bicyclic) bond motifs is 5. The molecule has 0 saturated heterocycles. The van der Waals surface area contributed by atoms with Crippen molar-refractivity contribution in [2.45, 2.75) is 62.4 Å². The summed E-state index contributed by atoms with van der Waals surface area (Å²) in [5.41, 5.74) is 24.3. The lowest BCUT2D eigenvalue weighted by Gasteiger charge is -2.26. The molecule has 4 bridgehead atoms. The molecule has 16 nitrogen and oxygen atoms in total. The number of hydrogen-bond acceptors (Lipinski definition) is 11. The number of rotatable bonds is 11. The maximum atomic E-state index is 13.7. The van der Waals surface area contributed by atoms with E-state index in [0.717, 1.165) is 0 Å². The molecule has 1 heterocycles. The summed E-state index contributed by atoms with van der Waals surface area (Å²) in [7, 11) is 0. The van der Waals surface area contributed by atoms with E-state index in [2.05, 4.69) is 21.3 Å². The molecule has 0 aromatic heterocycles. The van der Waals surface area contributed by atoms with Crippen molar-refractivity contribution in [3.63, 3.8) is 0 Å². The van der Waals surface area contributed by atoms with Gasteiger partial charge in [-0.15, -0.1) is 0 Å². The zero-order valence-corrected chi connectivity index (χ0v) is 25.2. The molecule has 0 saturated carbocycles. The number of hydrogen-bond donors (Lipinski definition) is 11. The Morgan fingerprint density at radius 3 is 2.11 bits per heavy atom. The molecule has 0 fully saturated rings. The van der Waals surface area contributed by atoms with Crippen LogP contribution >= 0.6 is 0 Å². The van der Waals surface area contributed by atoms with E-state index in [4.69, 9.17) is 22.9 Å². The van der Waals surface area contributed by atoms with Gasteiger partial charge in [0.1, 0.15) is 29.6 Å². The van der Waals surface area contributed by atoms with Crippen molar-refractivity contribution >= 4 is 29.5 Å². The Kier molecular flexibility index (Phi) is 12.8. The van der Waals surface area contributed by atoms with Gasteiger partial charge in [0.25, 0.3) is 0 Å². The molecule has 0 aliphatic carbocycles. The van der Waals surface area contributed by atoms with Gasteiger partial charge in [-0.1, -0.05) is 12.1 Å². The number of phenolic OH excluding ortho intramolecular Hbond substituents is 2. The summed E-state index contributed by atoms with van der Waals surface area (Å²) >= 11 is 0. The predicted molar refractivity (Wildman–Crippen MR) is 167 cm³/mol. The monoisotopic (exact) mass is 642 g/mol. The summed E-state index contributed by atoms with van der Waals surface area (Å²) < 4.78 is 0. The molecule has 15 N–H and O–H groups in total. The quantitative estimate of drug-likeness (QED) is 0.115. The van der Waals surface area contributed by atoms with Crippen molar-refractivity contribution in [1.29, 1.82) is 0 Å². The van der Waals surface area contributed by atoms with Crippen molar-refractivity contribution < 1.29 is 39.3 Å². The number of benzene rings is 2. The van der Waals surface area contributed by atoms with Gasteiger partial charge in [0, 0.05) is 25.9 Å². The smallest absolute Gasteiger partial charge is 0.243 e. The van der Waals surface area contributed by atoms with Crippen molar-refractivity contribution in [2.24, 2.45) is 22.9 Å². The fraction of sp³-hybridized carbons (Fsp3) is 0.433. The molecule has 250 valence electrons. The van der Waals surface area contributed by atoms with E-state index in [1.54, 1.807) is 24.3 Å². The normalized spacial score (nSPS) is 19.8. The molecule has 16 heteroatoms. The maximum absolute atomic E-state index is 13.7. The van der Waals surface area contributed by atoms with E-state index in [1.807, 2.05) is 0 Å². The molecule has 46 heavy (non-hydrogen) atoms. The van der Waals surface area contributed by atoms with Crippen LogP contribution < -0.4 is 44.2 Å². The van der Waals surface area contributed by atoms with Crippen LogP contribution in [0.3, 0.4) is 0 Å². The Morgan fingerprint density at radius 2 is 1.54 bits per heavy atom. The summed E-state index contributed by atoms with van der Waals surface area (Å²) in [6.45, 7) is -0.216.